The largest absolute Gasteiger partial charge is 0.349 e. The second-order valence-corrected chi connectivity index (χ2v) is 5.97. The first-order valence-corrected chi connectivity index (χ1v) is 7.67. The van der Waals surface area contributed by atoms with Gasteiger partial charge < -0.3 is 14.8 Å². The number of hydrogen-bond donors (Lipinski definition) is 1. The van der Waals surface area contributed by atoms with E-state index in [4.69, 9.17) is 0 Å². The zero-order chi connectivity index (χ0) is 16.4. The molecule has 2 aromatic rings. The molecular weight excluding hydrogens is 292 g/mol. The number of carbonyl (C=O) groups excluding carboxylic acids is 2. The van der Waals surface area contributed by atoms with Crippen LogP contribution in [0.4, 0.5) is 0 Å². The lowest BCUT2D eigenvalue weighted by atomic mass is 10.0. The summed E-state index contributed by atoms with van der Waals surface area (Å²) < 4.78 is 1.92. The van der Waals surface area contributed by atoms with E-state index in [0.29, 0.717) is 13.0 Å². The van der Waals surface area contributed by atoms with Crippen LogP contribution in [0.25, 0.3) is 5.69 Å². The van der Waals surface area contributed by atoms with Gasteiger partial charge in [-0.3, -0.25) is 9.59 Å². The molecular formula is C17H20N4O2. The van der Waals surface area contributed by atoms with Crippen molar-refractivity contribution in [1.82, 2.24) is 19.8 Å². The molecule has 0 radical (unpaired) electrons. The van der Waals surface area contributed by atoms with Gasteiger partial charge in [0.15, 0.2) is 0 Å². The number of imidazole rings is 1. The minimum Gasteiger partial charge on any atom is -0.349 e. The fraction of sp³-hybridized carbons (Fsp3) is 0.353. The predicted octanol–water partition coefficient (Wildman–Crippen LogP) is 1.53. The highest BCUT2D eigenvalue weighted by molar-refractivity contribution is 5.89. The summed E-state index contributed by atoms with van der Waals surface area (Å²) >= 11 is 0. The van der Waals surface area contributed by atoms with Gasteiger partial charge in [-0.25, -0.2) is 4.98 Å². The fourth-order valence-corrected chi connectivity index (χ4v) is 2.82. The molecule has 0 spiro atoms. The molecule has 1 N–H and O–H groups in total. The van der Waals surface area contributed by atoms with E-state index in [0.717, 1.165) is 11.3 Å². The van der Waals surface area contributed by atoms with E-state index in [-0.39, 0.29) is 23.8 Å². The van der Waals surface area contributed by atoms with E-state index in [1.54, 1.807) is 24.5 Å². The Hall–Kier alpha value is -2.63. The van der Waals surface area contributed by atoms with E-state index in [1.165, 1.54) is 0 Å². The van der Waals surface area contributed by atoms with Crippen molar-refractivity contribution in [3.05, 3.63) is 48.5 Å². The van der Waals surface area contributed by atoms with E-state index in [2.05, 4.69) is 10.3 Å². The topological polar surface area (TPSA) is 67.2 Å². The Bertz CT molecular complexity index is 711. The van der Waals surface area contributed by atoms with Gasteiger partial charge >= 0.3 is 0 Å². The number of aromatic nitrogens is 2. The van der Waals surface area contributed by atoms with Crippen molar-refractivity contribution in [3.63, 3.8) is 0 Å². The molecule has 1 aliphatic heterocycles. The monoisotopic (exact) mass is 312 g/mol. The van der Waals surface area contributed by atoms with Crippen molar-refractivity contribution in [2.45, 2.75) is 19.4 Å². The summed E-state index contributed by atoms with van der Waals surface area (Å²) in [6.45, 7) is 2.44. The molecule has 1 aliphatic rings. The van der Waals surface area contributed by atoms with Crippen molar-refractivity contribution in [1.29, 1.82) is 0 Å². The average molecular weight is 312 g/mol. The van der Waals surface area contributed by atoms with Gasteiger partial charge in [0.1, 0.15) is 0 Å². The van der Waals surface area contributed by atoms with E-state index >= 15 is 0 Å². The highest BCUT2D eigenvalue weighted by Crippen LogP contribution is 2.20. The fourth-order valence-electron chi connectivity index (χ4n) is 2.82. The second kappa shape index (κ2) is 6.24. The third-order valence-corrected chi connectivity index (χ3v) is 4.24. The number of nitrogens with zero attached hydrogens (tertiary/aromatic N) is 3. The molecule has 3 rings (SSSR count). The van der Waals surface area contributed by atoms with Gasteiger partial charge in [0.2, 0.25) is 11.8 Å². The van der Waals surface area contributed by atoms with Crippen molar-refractivity contribution in [2.24, 2.45) is 5.92 Å². The Morgan fingerprint density at radius 3 is 2.91 bits per heavy atom. The van der Waals surface area contributed by atoms with Crippen LogP contribution in [0.3, 0.4) is 0 Å². The predicted molar refractivity (Wildman–Crippen MR) is 85.9 cm³/mol. The van der Waals surface area contributed by atoms with Gasteiger partial charge in [-0.05, 0) is 24.6 Å². The summed E-state index contributed by atoms with van der Waals surface area (Å²) in [5.41, 5.74) is 2.01. The summed E-state index contributed by atoms with van der Waals surface area (Å²) in [6.07, 6.45) is 5.64. The van der Waals surface area contributed by atoms with E-state index in [1.807, 2.05) is 42.0 Å². The van der Waals surface area contributed by atoms with Crippen molar-refractivity contribution >= 4 is 11.8 Å². The highest BCUT2D eigenvalue weighted by Gasteiger charge is 2.32. The summed E-state index contributed by atoms with van der Waals surface area (Å²) in [6, 6.07) is 7.84. The van der Waals surface area contributed by atoms with Crippen molar-refractivity contribution < 1.29 is 9.59 Å². The molecule has 1 aromatic carbocycles. The lowest BCUT2D eigenvalue weighted by molar-refractivity contribution is -0.128. The molecule has 2 heterocycles. The molecule has 120 valence electrons. The van der Waals surface area contributed by atoms with E-state index < -0.39 is 0 Å². The maximum absolute atomic E-state index is 12.3. The molecule has 6 nitrogen and oxygen atoms in total. The van der Waals surface area contributed by atoms with Crippen LogP contribution >= 0.6 is 0 Å². The summed E-state index contributed by atoms with van der Waals surface area (Å²) in [5.74, 6) is -0.296. The average Bonchev–Trinajstić information content (AvgIpc) is 3.18. The van der Waals surface area contributed by atoms with Crippen LogP contribution in [0.1, 0.15) is 24.9 Å². The van der Waals surface area contributed by atoms with Crippen LogP contribution in [-0.4, -0.2) is 39.9 Å². The molecule has 6 heteroatoms. The first-order valence-electron chi connectivity index (χ1n) is 7.67. The third-order valence-electron chi connectivity index (χ3n) is 4.24. The maximum Gasteiger partial charge on any atom is 0.225 e. The number of nitrogens with one attached hydrogen (secondary N) is 1. The molecule has 0 unspecified atom stereocenters. The third kappa shape index (κ3) is 3.26. The van der Waals surface area contributed by atoms with Crippen LogP contribution in [0, 0.1) is 5.92 Å². The molecule has 0 bridgehead atoms. The first kappa shape index (κ1) is 15.3. The molecule has 2 atom stereocenters. The van der Waals surface area contributed by atoms with Gasteiger partial charge in [0.25, 0.3) is 0 Å². The van der Waals surface area contributed by atoms with Gasteiger partial charge in [0.05, 0.1) is 18.3 Å². The van der Waals surface area contributed by atoms with Gasteiger partial charge in [-0.2, -0.15) is 0 Å². The lowest BCUT2D eigenvalue weighted by Gasteiger charge is -2.18. The van der Waals surface area contributed by atoms with Gasteiger partial charge in [-0.15, -0.1) is 0 Å². The van der Waals surface area contributed by atoms with Crippen LogP contribution in [0.15, 0.2) is 43.0 Å². The minimum absolute atomic E-state index is 0.0277. The zero-order valence-electron chi connectivity index (χ0n) is 13.3. The Kier molecular flexibility index (Phi) is 4.14. The maximum atomic E-state index is 12.3. The number of amides is 2. The molecule has 0 aliphatic carbocycles. The summed E-state index contributed by atoms with van der Waals surface area (Å²) in [5, 5.41) is 3.01. The SMILES string of the molecule is C[C@H](NC(=O)[C@@H]1CC(=O)N(C)C1)c1cccc(-n2ccnc2)c1. The molecule has 0 saturated carbocycles. The number of hydrogen-bond acceptors (Lipinski definition) is 3. The number of rotatable bonds is 4. The molecule has 1 aromatic heterocycles. The Balaban J connectivity index is 1.69. The number of likely N-dealkylation sites (tertiary alicyclic amines) is 1. The lowest BCUT2D eigenvalue weighted by Crippen LogP contribution is -2.34. The summed E-state index contributed by atoms with van der Waals surface area (Å²) in [4.78, 5) is 29.5. The second-order valence-electron chi connectivity index (χ2n) is 5.97. The quantitative estimate of drug-likeness (QED) is 0.931. The van der Waals surface area contributed by atoms with Crippen LogP contribution in [0.2, 0.25) is 0 Å². The van der Waals surface area contributed by atoms with E-state index in [9.17, 15) is 9.59 Å². The van der Waals surface area contributed by atoms with Crippen molar-refractivity contribution in [2.75, 3.05) is 13.6 Å². The standard InChI is InChI=1S/C17H20N4O2/c1-12(19-17(23)14-9-16(22)20(2)10-14)13-4-3-5-15(8-13)21-7-6-18-11-21/h3-8,11-12,14H,9-10H2,1-2H3,(H,19,23)/t12-,14+/m0/s1. The molecule has 1 fully saturated rings. The van der Waals surface area contributed by atoms with Crippen molar-refractivity contribution in [3.8, 4) is 5.69 Å². The number of carbonyl (C=O) groups is 2. The van der Waals surface area contributed by atoms with Crippen LogP contribution in [0.5, 0.6) is 0 Å². The number of benzene rings is 1. The van der Waals surface area contributed by atoms with Crippen LogP contribution < -0.4 is 5.32 Å². The summed E-state index contributed by atoms with van der Waals surface area (Å²) in [7, 11) is 1.73. The highest BCUT2D eigenvalue weighted by atomic mass is 16.2. The van der Waals surface area contributed by atoms with Crippen LogP contribution in [-0.2, 0) is 9.59 Å². The Morgan fingerprint density at radius 2 is 2.26 bits per heavy atom. The normalized spacial score (nSPS) is 19.0. The molecule has 23 heavy (non-hydrogen) atoms. The van der Waals surface area contributed by atoms with Gasteiger partial charge in [-0.1, -0.05) is 12.1 Å². The van der Waals surface area contributed by atoms with Gasteiger partial charge in [0, 0.05) is 38.1 Å². The zero-order valence-corrected chi connectivity index (χ0v) is 13.3. The minimum atomic E-state index is -0.258. The molecule has 2 amide bonds. The Labute approximate surface area is 135 Å². The Morgan fingerprint density at radius 1 is 1.43 bits per heavy atom. The smallest absolute Gasteiger partial charge is 0.225 e. The first-order chi connectivity index (χ1) is 11.0. The molecule has 1 saturated heterocycles.